The summed E-state index contributed by atoms with van der Waals surface area (Å²) >= 11 is 0. The number of hydrogen-bond acceptors (Lipinski definition) is 12. The van der Waals surface area contributed by atoms with Gasteiger partial charge in [-0.05, 0) is 24.6 Å². The zero-order chi connectivity index (χ0) is 26.1. The Morgan fingerprint density at radius 2 is 1.69 bits per heavy atom. The summed E-state index contributed by atoms with van der Waals surface area (Å²) in [6.45, 7) is 1.33. The second kappa shape index (κ2) is 10.2. The molecule has 0 aliphatic carbocycles. The third-order valence-corrected chi connectivity index (χ3v) is 5.70. The highest BCUT2D eigenvalue weighted by Gasteiger charge is 2.44. The lowest BCUT2D eigenvalue weighted by molar-refractivity contribution is -0.277. The molecule has 1 saturated heterocycles. The molecule has 1 aliphatic rings. The highest BCUT2D eigenvalue weighted by molar-refractivity contribution is 5.88. The predicted octanol–water partition coefficient (Wildman–Crippen LogP) is 0.544. The van der Waals surface area contributed by atoms with Gasteiger partial charge in [0.1, 0.15) is 46.9 Å². The van der Waals surface area contributed by atoms with E-state index >= 15 is 0 Å². The zero-order valence-corrected chi connectivity index (χ0v) is 19.1. The van der Waals surface area contributed by atoms with Crippen LogP contribution in [-0.2, 0) is 4.74 Å². The summed E-state index contributed by atoms with van der Waals surface area (Å²) in [6, 6.07) is 6.06. The van der Waals surface area contributed by atoms with E-state index in [-0.39, 0.29) is 46.1 Å². The molecule has 1 aliphatic heterocycles. The van der Waals surface area contributed by atoms with Crippen molar-refractivity contribution < 1.29 is 54.4 Å². The van der Waals surface area contributed by atoms with Crippen molar-refractivity contribution in [2.24, 2.45) is 0 Å². The van der Waals surface area contributed by atoms with Crippen molar-refractivity contribution in [3.8, 4) is 40.1 Å². The molecular formula is C24H26O12. The van der Waals surface area contributed by atoms with Crippen molar-refractivity contribution in [1.82, 2.24) is 0 Å². The first kappa shape index (κ1) is 25.5. The third-order valence-electron chi connectivity index (χ3n) is 5.70. The monoisotopic (exact) mass is 506 g/mol. The van der Waals surface area contributed by atoms with E-state index in [0.717, 1.165) is 6.07 Å². The van der Waals surface area contributed by atoms with Crippen LogP contribution in [0.5, 0.6) is 28.7 Å². The number of phenolic OH excluding ortho intramolecular Hbond substituents is 3. The molecule has 3 aromatic rings. The van der Waals surface area contributed by atoms with Gasteiger partial charge in [-0.3, -0.25) is 4.79 Å². The van der Waals surface area contributed by atoms with Gasteiger partial charge in [0.25, 0.3) is 0 Å². The van der Waals surface area contributed by atoms with E-state index in [9.17, 15) is 40.5 Å². The maximum absolute atomic E-state index is 13.3. The molecular weight excluding hydrogens is 480 g/mol. The molecule has 4 rings (SSSR count). The average molecular weight is 506 g/mol. The highest BCUT2D eigenvalue weighted by Crippen LogP contribution is 2.39. The van der Waals surface area contributed by atoms with Crippen molar-refractivity contribution in [3.63, 3.8) is 0 Å². The number of phenols is 3. The van der Waals surface area contributed by atoms with E-state index in [1.165, 1.54) is 24.3 Å². The van der Waals surface area contributed by atoms with Crippen LogP contribution in [0.4, 0.5) is 0 Å². The number of rotatable bonds is 7. The van der Waals surface area contributed by atoms with Crippen LogP contribution in [0.25, 0.3) is 22.3 Å². The lowest BCUT2D eigenvalue weighted by atomic mass is 9.99. The van der Waals surface area contributed by atoms with Crippen molar-refractivity contribution in [3.05, 3.63) is 40.6 Å². The maximum atomic E-state index is 13.3. The van der Waals surface area contributed by atoms with E-state index in [0.29, 0.717) is 6.42 Å². The molecule has 2 unspecified atom stereocenters. The Kier molecular flexibility index (Phi) is 7.24. The summed E-state index contributed by atoms with van der Waals surface area (Å²) in [6.07, 6.45) is -7.15. The van der Waals surface area contributed by atoms with Gasteiger partial charge in [-0.25, -0.2) is 0 Å². The van der Waals surface area contributed by atoms with Gasteiger partial charge in [0.2, 0.25) is 17.5 Å². The van der Waals surface area contributed by atoms with Crippen LogP contribution >= 0.6 is 0 Å². The molecule has 2 heterocycles. The van der Waals surface area contributed by atoms with E-state index in [1.54, 1.807) is 0 Å². The molecule has 5 atom stereocenters. The van der Waals surface area contributed by atoms with Gasteiger partial charge in [0, 0.05) is 17.7 Å². The summed E-state index contributed by atoms with van der Waals surface area (Å²) in [7, 11) is 0. The molecule has 1 aromatic heterocycles. The lowest BCUT2D eigenvalue weighted by Crippen LogP contribution is -2.60. The van der Waals surface area contributed by atoms with E-state index in [4.69, 9.17) is 18.6 Å². The number of benzene rings is 2. The quantitative estimate of drug-likeness (QED) is 0.220. The number of fused-ring (bicyclic) bond motifs is 1. The molecule has 0 saturated carbocycles. The molecule has 0 spiro atoms. The number of aliphatic hydroxyl groups excluding tert-OH is 4. The lowest BCUT2D eigenvalue weighted by Gasteiger charge is -2.39. The minimum absolute atomic E-state index is 0.0827. The van der Waals surface area contributed by atoms with Gasteiger partial charge >= 0.3 is 0 Å². The first-order valence-electron chi connectivity index (χ1n) is 11.1. The Hall–Kier alpha value is -3.55. The van der Waals surface area contributed by atoms with Crippen LogP contribution in [0.15, 0.2) is 39.5 Å². The zero-order valence-electron chi connectivity index (χ0n) is 19.1. The molecule has 12 nitrogen and oxygen atoms in total. The van der Waals surface area contributed by atoms with Crippen LogP contribution in [-0.4, -0.2) is 79.7 Å². The number of hydrogen-bond donors (Lipinski definition) is 7. The summed E-state index contributed by atoms with van der Waals surface area (Å²) < 4.78 is 22.3. The van der Waals surface area contributed by atoms with Gasteiger partial charge in [0.15, 0.2) is 17.3 Å². The number of aliphatic hydroxyl groups is 4. The molecule has 36 heavy (non-hydrogen) atoms. The largest absolute Gasteiger partial charge is 0.507 e. The van der Waals surface area contributed by atoms with Gasteiger partial charge in [0.05, 0.1) is 13.2 Å². The molecule has 0 bridgehead atoms. The molecule has 0 amide bonds. The van der Waals surface area contributed by atoms with Crippen LogP contribution in [0.3, 0.4) is 0 Å². The van der Waals surface area contributed by atoms with Crippen LogP contribution in [0.2, 0.25) is 0 Å². The van der Waals surface area contributed by atoms with Gasteiger partial charge in [-0.15, -0.1) is 0 Å². The fourth-order valence-electron chi connectivity index (χ4n) is 3.81. The Balaban J connectivity index is 1.80. The summed E-state index contributed by atoms with van der Waals surface area (Å²) in [5.74, 6) is -1.81. The maximum Gasteiger partial charge on any atom is 0.239 e. The van der Waals surface area contributed by atoms with Crippen molar-refractivity contribution in [2.75, 3.05) is 13.2 Å². The van der Waals surface area contributed by atoms with Crippen molar-refractivity contribution >= 4 is 11.0 Å². The predicted molar refractivity (Wildman–Crippen MR) is 123 cm³/mol. The standard InChI is InChI=1S/C24H26O12/c1-2-5-33-23-19(30)17-14(28)7-11(34-24-21(32)20(31)18(29)16(9-25)36-24)8-15(17)35-22(23)10-3-4-12(26)13(27)6-10/h3-4,6-8,16,18,20-21,24-29,31-32H,2,5,9H2,1H3/t16?,18-,20?,21+,24-/m1/s1. The Morgan fingerprint density at radius 3 is 2.36 bits per heavy atom. The number of aromatic hydroxyl groups is 3. The van der Waals surface area contributed by atoms with Gasteiger partial charge in [-0.2, -0.15) is 0 Å². The average Bonchev–Trinajstić information content (AvgIpc) is 2.85. The molecule has 1 fully saturated rings. The Bertz CT molecular complexity index is 1300. The minimum Gasteiger partial charge on any atom is -0.507 e. The van der Waals surface area contributed by atoms with Crippen molar-refractivity contribution in [1.29, 1.82) is 0 Å². The SMILES string of the molecule is CCCOc1c(-c2ccc(O)c(O)c2)oc2cc(O[C@@H]3OC(CO)[C@@H](O)C(O)[C@@H]3O)cc(O)c2c1=O. The highest BCUT2D eigenvalue weighted by atomic mass is 16.7. The van der Waals surface area contributed by atoms with Crippen LogP contribution in [0, 0.1) is 0 Å². The van der Waals surface area contributed by atoms with E-state index < -0.39 is 54.2 Å². The molecule has 194 valence electrons. The molecule has 2 aromatic carbocycles. The third kappa shape index (κ3) is 4.64. The second-order valence-electron chi connectivity index (χ2n) is 8.27. The van der Waals surface area contributed by atoms with Gasteiger partial charge < -0.3 is 54.4 Å². The molecule has 12 heteroatoms. The second-order valence-corrected chi connectivity index (χ2v) is 8.27. The fraction of sp³-hybridized carbons (Fsp3) is 0.375. The Morgan fingerprint density at radius 1 is 0.944 bits per heavy atom. The molecule has 0 radical (unpaired) electrons. The summed E-state index contributed by atoms with van der Waals surface area (Å²) in [4.78, 5) is 13.3. The first-order valence-corrected chi connectivity index (χ1v) is 11.1. The molecule has 7 N–H and O–H groups in total. The minimum atomic E-state index is -1.70. The first-order chi connectivity index (χ1) is 17.2. The van der Waals surface area contributed by atoms with Crippen molar-refractivity contribution in [2.45, 2.75) is 44.1 Å². The van der Waals surface area contributed by atoms with E-state index in [2.05, 4.69) is 0 Å². The van der Waals surface area contributed by atoms with Gasteiger partial charge in [-0.1, -0.05) is 6.92 Å². The number of ether oxygens (including phenoxy) is 3. The smallest absolute Gasteiger partial charge is 0.239 e. The Labute approximate surface area is 203 Å². The summed E-state index contributed by atoms with van der Waals surface area (Å²) in [5, 5.41) is 69.5. The topological polar surface area (TPSA) is 200 Å². The fourth-order valence-corrected chi connectivity index (χ4v) is 3.81. The van der Waals surface area contributed by atoms with E-state index in [1.807, 2.05) is 6.92 Å². The van der Waals surface area contributed by atoms with Crippen LogP contribution < -0.4 is 14.9 Å². The van der Waals surface area contributed by atoms with Crippen LogP contribution in [0.1, 0.15) is 13.3 Å². The normalized spacial score (nSPS) is 24.1. The summed E-state index contributed by atoms with van der Waals surface area (Å²) in [5.41, 5.74) is -0.648.